The Morgan fingerprint density at radius 1 is 0.939 bits per heavy atom. The zero-order valence-corrected chi connectivity index (χ0v) is 19.3. The number of amides is 1. The van der Waals surface area contributed by atoms with Gasteiger partial charge in [-0.3, -0.25) is 9.69 Å². The molecule has 0 saturated heterocycles. The number of carbonyl (C=O) groups is 1. The molecule has 0 fully saturated rings. The van der Waals surface area contributed by atoms with Crippen LogP contribution in [0.2, 0.25) is 0 Å². The molecule has 0 bridgehead atoms. The van der Waals surface area contributed by atoms with E-state index < -0.39 is 0 Å². The van der Waals surface area contributed by atoms with Crippen LogP contribution in [0.5, 0.6) is 0 Å². The summed E-state index contributed by atoms with van der Waals surface area (Å²) in [7, 11) is 3.82. The summed E-state index contributed by atoms with van der Waals surface area (Å²) in [5.74, 6) is -0.329. The van der Waals surface area contributed by atoms with Crippen molar-refractivity contribution in [3.63, 3.8) is 0 Å². The Morgan fingerprint density at radius 2 is 1.67 bits per heavy atom. The van der Waals surface area contributed by atoms with Gasteiger partial charge in [0.25, 0.3) is 5.91 Å². The number of benzene rings is 2. The van der Waals surface area contributed by atoms with Crippen molar-refractivity contribution in [3.05, 3.63) is 107 Å². The summed E-state index contributed by atoms with van der Waals surface area (Å²) in [6.45, 7) is 3.79. The highest BCUT2D eigenvalue weighted by molar-refractivity contribution is 5.94. The molecule has 6 heteroatoms. The third-order valence-electron chi connectivity index (χ3n) is 5.86. The number of aryl methyl sites for hydroxylation is 1. The van der Waals surface area contributed by atoms with Crippen LogP contribution in [0.4, 0.5) is 4.39 Å². The molecule has 2 aromatic heterocycles. The van der Waals surface area contributed by atoms with Crippen molar-refractivity contribution >= 4 is 11.6 Å². The largest absolute Gasteiger partial charge is 0.340 e. The van der Waals surface area contributed by atoms with Crippen molar-refractivity contribution < 1.29 is 9.18 Å². The van der Waals surface area contributed by atoms with Gasteiger partial charge in [0, 0.05) is 32.9 Å². The second-order valence-corrected chi connectivity index (χ2v) is 8.55. The second kappa shape index (κ2) is 9.96. The second-order valence-electron chi connectivity index (χ2n) is 8.55. The van der Waals surface area contributed by atoms with E-state index in [-0.39, 0.29) is 11.7 Å². The minimum absolute atomic E-state index is 0.0841. The number of imidazole rings is 1. The van der Waals surface area contributed by atoms with Gasteiger partial charge in [0.1, 0.15) is 11.5 Å². The first-order valence-corrected chi connectivity index (χ1v) is 11.1. The van der Waals surface area contributed by atoms with Gasteiger partial charge in [-0.15, -0.1) is 0 Å². The van der Waals surface area contributed by atoms with E-state index in [0.717, 1.165) is 28.9 Å². The van der Waals surface area contributed by atoms with E-state index in [0.29, 0.717) is 25.3 Å². The van der Waals surface area contributed by atoms with Crippen LogP contribution >= 0.6 is 0 Å². The fraction of sp³-hybridized carbons (Fsp3) is 0.259. The Balaban J connectivity index is 1.57. The SMILES string of the molecule is Cc1cccn2c(CN(C)Cc3ccc(F)cc3)c(C(=O)N(C)CCc3ccccc3)nc12. The number of hydrogen-bond donors (Lipinski definition) is 0. The highest BCUT2D eigenvalue weighted by atomic mass is 19.1. The molecule has 0 unspecified atom stereocenters. The average Bonchev–Trinajstić information content (AvgIpc) is 3.18. The molecule has 4 rings (SSSR count). The Labute approximate surface area is 194 Å². The van der Waals surface area contributed by atoms with Crippen LogP contribution < -0.4 is 0 Å². The number of rotatable bonds is 8. The molecule has 0 spiro atoms. The van der Waals surface area contributed by atoms with Gasteiger partial charge < -0.3 is 9.30 Å². The summed E-state index contributed by atoms with van der Waals surface area (Å²) in [4.78, 5) is 22.0. The zero-order chi connectivity index (χ0) is 23.4. The fourth-order valence-corrected chi connectivity index (χ4v) is 4.01. The van der Waals surface area contributed by atoms with Gasteiger partial charge in [-0.1, -0.05) is 48.5 Å². The Bertz CT molecular complexity index is 1230. The van der Waals surface area contributed by atoms with Crippen LogP contribution in [0.3, 0.4) is 0 Å². The smallest absolute Gasteiger partial charge is 0.274 e. The maximum atomic E-state index is 13.4. The van der Waals surface area contributed by atoms with Gasteiger partial charge in [-0.05, 0) is 55.3 Å². The number of halogens is 1. The molecule has 0 aliphatic carbocycles. The number of fused-ring (bicyclic) bond motifs is 1. The van der Waals surface area contributed by atoms with Crippen LogP contribution in [-0.4, -0.2) is 45.7 Å². The van der Waals surface area contributed by atoms with Crippen molar-refractivity contribution in [2.75, 3.05) is 20.6 Å². The summed E-state index contributed by atoms with van der Waals surface area (Å²) in [6.07, 6.45) is 2.74. The molecule has 0 saturated carbocycles. The third-order valence-corrected chi connectivity index (χ3v) is 5.86. The topological polar surface area (TPSA) is 40.9 Å². The lowest BCUT2D eigenvalue weighted by Gasteiger charge is -2.20. The third kappa shape index (κ3) is 5.29. The number of pyridine rings is 1. The minimum Gasteiger partial charge on any atom is -0.340 e. The van der Waals surface area contributed by atoms with E-state index in [1.165, 1.54) is 17.7 Å². The normalized spacial score (nSPS) is 11.3. The highest BCUT2D eigenvalue weighted by Gasteiger charge is 2.23. The lowest BCUT2D eigenvalue weighted by atomic mass is 10.1. The van der Waals surface area contributed by atoms with Gasteiger partial charge in [-0.25, -0.2) is 9.37 Å². The van der Waals surface area contributed by atoms with E-state index in [1.807, 2.05) is 61.9 Å². The summed E-state index contributed by atoms with van der Waals surface area (Å²) in [5, 5.41) is 0. The van der Waals surface area contributed by atoms with E-state index >= 15 is 0 Å². The van der Waals surface area contributed by atoms with Crippen LogP contribution in [-0.2, 0) is 19.5 Å². The molecule has 0 radical (unpaired) electrons. The first-order chi connectivity index (χ1) is 15.9. The maximum absolute atomic E-state index is 13.4. The molecule has 2 heterocycles. The van der Waals surface area contributed by atoms with Crippen LogP contribution in [0.1, 0.15) is 32.9 Å². The van der Waals surface area contributed by atoms with Crippen molar-refractivity contribution in [1.29, 1.82) is 0 Å². The monoisotopic (exact) mass is 444 g/mol. The average molecular weight is 445 g/mol. The van der Waals surface area contributed by atoms with Crippen molar-refractivity contribution in [2.24, 2.45) is 0 Å². The predicted octanol–water partition coefficient (Wildman–Crippen LogP) is 4.73. The van der Waals surface area contributed by atoms with E-state index in [9.17, 15) is 9.18 Å². The molecule has 4 aromatic rings. The number of carbonyl (C=O) groups excluding carboxylic acids is 1. The number of nitrogens with zero attached hydrogens (tertiary/aromatic N) is 4. The van der Waals surface area contributed by atoms with Crippen LogP contribution in [0.25, 0.3) is 5.65 Å². The van der Waals surface area contributed by atoms with Crippen molar-refractivity contribution in [2.45, 2.75) is 26.4 Å². The number of likely N-dealkylation sites (N-methyl/N-ethyl adjacent to an activating group) is 1. The van der Waals surface area contributed by atoms with E-state index in [4.69, 9.17) is 4.98 Å². The number of aromatic nitrogens is 2. The van der Waals surface area contributed by atoms with Gasteiger partial charge in [0.15, 0.2) is 5.69 Å². The van der Waals surface area contributed by atoms with Gasteiger partial charge in [0.05, 0.1) is 5.69 Å². The van der Waals surface area contributed by atoms with Crippen molar-refractivity contribution in [1.82, 2.24) is 19.2 Å². The van der Waals surface area contributed by atoms with E-state index in [1.54, 1.807) is 17.0 Å². The Hall–Kier alpha value is -3.51. The molecule has 0 N–H and O–H groups in total. The van der Waals surface area contributed by atoms with E-state index in [2.05, 4.69) is 17.0 Å². The van der Waals surface area contributed by atoms with Crippen molar-refractivity contribution in [3.8, 4) is 0 Å². The fourth-order valence-electron chi connectivity index (χ4n) is 4.01. The molecule has 5 nitrogen and oxygen atoms in total. The van der Waals surface area contributed by atoms with Crippen LogP contribution in [0.15, 0.2) is 72.9 Å². The molecule has 170 valence electrons. The zero-order valence-electron chi connectivity index (χ0n) is 19.3. The summed E-state index contributed by atoms with van der Waals surface area (Å²) in [5.41, 5.74) is 5.35. The predicted molar refractivity (Wildman–Crippen MR) is 129 cm³/mol. The summed E-state index contributed by atoms with van der Waals surface area (Å²) in [6, 6.07) is 20.6. The minimum atomic E-state index is -0.245. The summed E-state index contributed by atoms with van der Waals surface area (Å²) < 4.78 is 15.3. The molecule has 1 amide bonds. The molecule has 0 aliphatic heterocycles. The lowest BCUT2D eigenvalue weighted by Crippen LogP contribution is -2.31. The first kappa shape index (κ1) is 22.7. The standard InChI is InChI=1S/C27H29FN4O/c1-20-8-7-16-32-24(19-30(2)18-22-11-13-23(28)14-12-22)25(29-26(20)32)27(33)31(3)17-15-21-9-5-4-6-10-21/h4-14,16H,15,17-19H2,1-3H3. The molecule has 0 atom stereocenters. The lowest BCUT2D eigenvalue weighted by molar-refractivity contribution is 0.0789. The maximum Gasteiger partial charge on any atom is 0.274 e. The number of hydrogen-bond acceptors (Lipinski definition) is 3. The Kier molecular flexibility index (Phi) is 6.84. The summed E-state index contributed by atoms with van der Waals surface area (Å²) >= 11 is 0. The molecular formula is C27H29FN4O. The molecule has 33 heavy (non-hydrogen) atoms. The van der Waals surface area contributed by atoms with Gasteiger partial charge in [-0.2, -0.15) is 0 Å². The quantitative estimate of drug-likeness (QED) is 0.395. The Morgan fingerprint density at radius 3 is 2.39 bits per heavy atom. The first-order valence-electron chi connectivity index (χ1n) is 11.1. The molecule has 2 aromatic carbocycles. The molecular weight excluding hydrogens is 415 g/mol. The van der Waals surface area contributed by atoms with Gasteiger partial charge in [0.2, 0.25) is 0 Å². The van der Waals surface area contributed by atoms with Gasteiger partial charge >= 0.3 is 0 Å². The van der Waals surface area contributed by atoms with Crippen LogP contribution in [0, 0.1) is 12.7 Å². The molecule has 0 aliphatic rings. The highest BCUT2D eigenvalue weighted by Crippen LogP contribution is 2.20.